The number of hydrogen-bond donors (Lipinski definition) is 6. The van der Waals surface area contributed by atoms with Crippen LogP contribution in [0.15, 0.2) is 66.9 Å². The molecule has 1 fully saturated rings. The molecule has 0 heterocycles. The van der Waals surface area contributed by atoms with Gasteiger partial charge >= 0.3 is 11.8 Å². The summed E-state index contributed by atoms with van der Waals surface area (Å²) in [5.74, 6) is -2.10. The fourth-order valence-corrected chi connectivity index (χ4v) is 4.32. The van der Waals surface area contributed by atoms with Crippen molar-refractivity contribution < 1.29 is 14.4 Å². The van der Waals surface area contributed by atoms with Crippen LogP contribution in [0.3, 0.4) is 0 Å². The molecule has 0 spiro atoms. The van der Waals surface area contributed by atoms with E-state index >= 15 is 0 Å². The van der Waals surface area contributed by atoms with Crippen molar-refractivity contribution in [3.63, 3.8) is 0 Å². The van der Waals surface area contributed by atoms with Gasteiger partial charge in [-0.3, -0.25) is 14.4 Å². The quantitative estimate of drug-likeness (QED) is 0.146. The average Bonchev–Trinajstić information content (AvgIpc) is 3.75. The van der Waals surface area contributed by atoms with Gasteiger partial charge in [0.05, 0.1) is 11.6 Å². The second kappa shape index (κ2) is 13.7. The molecule has 3 aromatic rings. The van der Waals surface area contributed by atoms with Crippen LogP contribution in [-0.2, 0) is 21.7 Å². The van der Waals surface area contributed by atoms with Crippen molar-refractivity contribution in [2.75, 3.05) is 20.6 Å². The van der Waals surface area contributed by atoms with E-state index in [0.29, 0.717) is 16.7 Å². The molecule has 7 N–H and O–H groups in total. The van der Waals surface area contributed by atoms with Crippen LogP contribution in [-0.4, -0.2) is 44.6 Å². The number of nitrogens with zero attached hydrogens (tertiary/aromatic N) is 1. The van der Waals surface area contributed by atoms with E-state index in [1.165, 1.54) is 12.4 Å². The highest BCUT2D eigenvalue weighted by Crippen LogP contribution is 2.49. The van der Waals surface area contributed by atoms with E-state index in [1.807, 2.05) is 50.5 Å². The third-order valence-corrected chi connectivity index (χ3v) is 6.38. The van der Waals surface area contributed by atoms with Gasteiger partial charge in [-0.2, -0.15) is 5.26 Å². The molecular formula is C30H33N7O3. The van der Waals surface area contributed by atoms with Crippen LogP contribution in [0, 0.1) is 16.7 Å². The van der Waals surface area contributed by atoms with Crippen molar-refractivity contribution in [1.29, 1.82) is 10.7 Å². The number of rotatable bonds is 8. The van der Waals surface area contributed by atoms with Gasteiger partial charge in [-0.15, -0.1) is 0 Å². The van der Waals surface area contributed by atoms with Gasteiger partial charge in [-0.25, -0.2) is 0 Å². The van der Waals surface area contributed by atoms with Crippen LogP contribution in [0.5, 0.6) is 0 Å². The first kappa shape index (κ1) is 29.5. The molecule has 0 unspecified atom stereocenters. The number of nitriles is 1. The predicted octanol–water partition coefficient (Wildman–Crippen LogP) is 2.30. The zero-order chi connectivity index (χ0) is 29.1. The molecule has 0 radical (unpaired) electrons. The number of amides is 3. The highest BCUT2D eigenvalue weighted by molar-refractivity contribution is 6.35. The Morgan fingerprint density at radius 2 is 1.68 bits per heavy atom. The molecule has 1 aliphatic rings. The third kappa shape index (κ3) is 6.89. The molecule has 3 aromatic carbocycles. The lowest BCUT2D eigenvalue weighted by atomic mass is 9.91. The maximum absolute atomic E-state index is 13.5. The molecule has 10 nitrogen and oxygen atoms in total. The smallest absolute Gasteiger partial charge is 0.310 e. The monoisotopic (exact) mass is 539 g/mol. The normalized spacial score (nSPS) is 13.2. The molecule has 1 saturated carbocycles. The molecule has 1 aliphatic carbocycles. The number of fused-ring (bicyclic) bond motifs is 1. The maximum Gasteiger partial charge on any atom is 0.310 e. The molecule has 206 valence electrons. The fraction of sp³-hybridized carbons (Fsp3) is 0.233. The van der Waals surface area contributed by atoms with Crippen molar-refractivity contribution in [2.45, 2.75) is 24.9 Å². The van der Waals surface area contributed by atoms with Gasteiger partial charge in [0.25, 0.3) is 5.91 Å². The summed E-state index contributed by atoms with van der Waals surface area (Å²) < 4.78 is 0. The minimum Gasteiger partial charge on any atom is -0.404 e. The van der Waals surface area contributed by atoms with Gasteiger partial charge < -0.3 is 32.4 Å². The zero-order valence-electron chi connectivity index (χ0n) is 22.5. The van der Waals surface area contributed by atoms with Crippen LogP contribution in [0.2, 0.25) is 0 Å². The van der Waals surface area contributed by atoms with E-state index in [9.17, 15) is 14.4 Å². The topological polar surface area (TPSA) is 173 Å². The largest absolute Gasteiger partial charge is 0.404 e. The summed E-state index contributed by atoms with van der Waals surface area (Å²) in [4.78, 5) is 37.2. The molecule has 0 saturated heterocycles. The Balaban J connectivity index is 0.00000141. The van der Waals surface area contributed by atoms with Crippen molar-refractivity contribution in [2.24, 2.45) is 5.73 Å². The summed E-state index contributed by atoms with van der Waals surface area (Å²) in [5, 5.41) is 28.9. The molecule has 10 heteroatoms. The lowest BCUT2D eigenvalue weighted by Crippen LogP contribution is -2.40. The molecule has 0 aromatic heterocycles. The molecule has 4 rings (SSSR count). The summed E-state index contributed by atoms with van der Waals surface area (Å²) in [6, 6.07) is 20.4. The van der Waals surface area contributed by atoms with Crippen molar-refractivity contribution in [1.82, 2.24) is 21.3 Å². The first-order valence-electron chi connectivity index (χ1n) is 12.7. The Kier molecular flexibility index (Phi) is 10.1. The minimum atomic E-state index is -0.914. The summed E-state index contributed by atoms with van der Waals surface area (Å²) in [7, 11) is 3.75. The number of carbonyl (C=O) groups excluding carboxylic acids is 3. The molecule has 40 heavy (non-hydrogen) atoms. The second-order valence-corrected chi connectivity index (χ2v) is 9.23. The minimum absolute atomic E-state index is 0.0300. The maximum atomic E-state index is 13.5. The summed E-state index contributed by atoms with van der Waals surface area (Å²) in [6.07, 6.45) is 4.09. The van der Waals surface area contributed by atoms with Crippen LogP contribution >= 0.6 is 0 Å². The number of nitrogens with two attached hydrogens (primary N) is 1. The van der Waals surface area contributed by atoms with Crippen molar-refractivity contribution >= 4 is 40.3 Å². The van der Waals surface area contributed by atoms with Crippen LogP contribution in [0.25, 0.3) is 16.3 Å². The first-order valence-corrected chi connectivity index (χ1v) is 12.7. The summed E-state index contributed by atoms with van der Waals surface area (Å²) in [6.45, 7) is -0.302. The van der Waals surface area contributed by atoms with Gasteiger partial charge in [0.1, 0.15) is 6.54 Å². The number of allylic oxidation sites excluding steroid dienone is 1. The van der Waals surface area contributed by atoms with Gasteiger partial charge in [-0.05, 0) is 72.6 Å². The van der Waals surface area contributed by atoms with E-state index < -0.39 is 17.4 Å². The molecule has 3 amide bonds. The second-order valence-electron chi connectivity index (χ2n) is 9.23. The van der Waals surface area contributed by atoms with E-state index in [4.69, 9.17) is 16.4 Å². The third-order valence-electron chi connectivity index (χ3n) is 6.38. The van der Waals surface area contributed by atoms with Gasteiger partial charge in [-0.1, -0.05) is 42.5 Å². The van der Waals surface area contributed by atoms with Crippen LogP contribution in [0.1, 0.15) is 39.9 Å². The SMILES string of the molecule is CNC.N#CCNC(=O)C(=O)NCc1ccccc1C(=O)NC1(c2cc(/C(C=N)=C/N)cc3ccccc23)CC1. The van der Waals surface area contributed by atoms with Crippen LogP contribution in [0.4, 0.5) is 0 Å². The van der Waals surface area contributed by atoms with E-state index in [-0.39, 0.29) is 19.0 Å². The number of nitrogens with one attached hydrogen (secondary N) is 5. The Morgan fingerprint density at radius 3 is 2.33 bits per heavy atom. The van der Waals surface area contributed by atoms with E-state index in [2.05, 4.69) is 21.3 Å². The van der Waals surface area contributed by atoms with Gasteiger partial charge in [0.15, 0.2) is 0 Å². The van der Waals surface area contributed by atoms with Crippen LogP contribution < -0.4 is 27.0 Å². The van der Waals surface area contributed by atoms with Gasteiger partial charge in [0, 0.05) is 30.1 Å². The Labute approximate surface area is 233 Å². The molecule has 0 bridgehead atoms. The highest BCUT2D eigenvalue weighted by atomic mass is 16.2. The Hall–Kier alpha value is -5.01. The fourth-order valence-electron chi connectivity index (χ4n) is 4.32. The summed E-state index contributed by atoms with van der Waals surface area (Å²) in [5.41, 5.74) is 8.43. The highest BCUT2D eigenvalue weighted by Gasteiger charge is 2.47. The predicted molar refractivity (Wildman–Crippen MR) is 155 cm³/mol. The zero-order valence-corrected chi connectivity index (χ0v) is 22.5. The first-order chi connectivity index (χ1) is 19.3. The van der Waals surface area contributed by atoms with Crippen molar-refractivity contribution in [3.8, 4) is 6.07 Å². The number of hydrogen-bond acceptors (Lipinski definition) is 7. The van der Waals surface area contributed by atoms with E-state index in [1.54, 1.807) is 30.3 Å². The molecular weight excluding hydrogens is 506 g/mol. The number of carbonyl (C=O) groups is 3. The standard InChI is InChI=1S/C28H26N6O3.C2H7N/c29-11-12-32-26(36)27(37)33-17-19-6-2-4-8-23(19)25(35)34-28(9-10-28)24-14-20(21(15-30)16-31)13-18-5-1-3-7-22(18)24;1-3-2/h1-8,13-16,30H,9-10,12,17,31H2,(H,32,36)(H,33,37)(H,34,35);3H,1-2H3/b21-16+,30-15?;. The lowest BCUT2D eigenvalue weighted by molar-refractivity contribution is -0.139. The van der Waals surface area contributed by atoms with E-state index in [0.717, 1.165) is 34.7 Å². The molecule has 0 aliphatic heterocycles. The average molecular weight is 540 g/mol. The van der Waals surface area contributed by atoms with Gasteiger partial charge in [0.2, 0.25) is 0 Å². The summed E-state index contributed by atoms with van der Waals surface area (Å²) >= 11 is 0. The van der Waals surface area contributed by atoms with Crippen molar-refractivity contribution in [3.05, 3.63) is 89.1 Å². The Morgan fingerprint density at radius 1 is 1.02 bits per heavy atom. The lowest BCUT2D eigenvalue weighted by Gasteiger charge is -2.22. The number of benzene rings is 3. The Bertz CT molecular complexity index is 1490. The molecule has 0 atom stereocenters.